The normalized spacial score (nSPS) is 11.4. The molecule has 0 atom stereocenters. The second-order valence-corrected chi connectivity index (χ2v) is 23.7. The summed E-state index contributed by atoms with van der Waals surface area (Å²) < 4.78 is 4.30. The van der Waals surface area contributed by atoms with Gasteiger partial charge < -0.3 is 0 Å². The fraction of sp³-hybridized carbons (Fsp3) is 0.923. The van der Waals surface area contributed by atoms with Crippen molar-refractivity contribution < 1.29 is 0 Å². The molecule has 0 rings (SSSR count). The van der Waals surface area contributed by atoms with Crippen molar-refractivity contribution in [3.05, 3.63) is 0 Å². The van der Waals surface area contributed by atoms with Gasteiger partial charge in [0.15, 0.2) is 0 Å². The van der Waals surface area contributed by atoms with Crippen LogP contribution in [0.25, 0.3) is 0 Å². The topological polar surface area (TPSA) is 23.8 Å². The Morgan fingerprint density at radius 1 is 0.875 bits per heavy atom. The van der Waals surface area contributed by atoms with E-state index in [9.17, 15) is 0 Å². The van der Waals surface area contributed by atoms with Crippen molar-refractivity contribution in [2.24, 2.45) is 0 Å². The summed E-state index contributed by atoms with van der Waals surface area (Å²) in [4.78, 5) is 0. The van der Waals surface area contributed by atoms with Gasteiger partial charge in [-0.15, -0.1) is 0 Å². The first-order valence-electron chi connectivity index (χ1n) is 6.81. The third kappa shape index (κ3) is 7.06. The second-order valence-electron chi connectivity index (χ2n) is 4.69. The third-order valence-electron chi connectivity index (χ3n) is 3.22. The zero-order chi connectivity index (χ0) is 12.3. The van der Waals surface area contributed by atoms with E-state index in [1.807, 2.05) is 0 Å². The molecular weight excluding hydrogens is 321 g/mol. The number of nitrogens with zero attached hydrogens (tertiary/aromatic N) is 1. The number of nitriles is 1. The molecule has 0 bridgehead atoms. The summed E-state index contributed by atoms with van der Waals surface area (Å²) in [6, 6.07) is 0. The summed E-state index contributed by atoms with van der Waals surface area (Å²) >= 11 is -2.10. The van der Waals surface area contributed by atoms with E-state index in [-0.39, 0.29) is 0 Å². The Balaban J connectivity index is 4.39. The minimum atomic E-state index is -2.10. The Kier molecular flexibility index (Phi) is 11.2. The molecule has 0 aliphatic carbocycles. The first-order chi connectivity index (χ1) is 7.74. The van der Waals surface area contributed by atoms with Gasteiger partial charge in [0.25, 0.3) is 0 Å². The van der Waals surface area contributed by atoms with Gasteiger partial charge in [-0.1, -0.05) is 0 Å². The van der Waals surface area contributed by atoms with Gasteiger partial charge in [0.2, 0.25) is 0 Å². The molecule has 94 valence electrons. The average Bonchev–Trinajstić information content (AvgIpc) is 2.31. The van der Waals surface area contributed by atoms with Gasteiger partial charge in [0.05, 0.1) is 0 Å². The summed E-state index contributed by atoms with van der Waals surface area (Å²) in [5, 5.41) is 11.5. The zero-order valence-corrected chi connectivity index (χ0v) is 14.9. The van der Waals surface area contributed by atoms with Gasteiger partial charge >= 0.3 is 109 Å². The Bertz CT molecular complexity index is 179. The predicted octanol–water partition coefficient (Wildman–Crippen LogP) is 5.55. The zero-order valence-electron chi connectivity index (χ0n) is 11.2. The van der Waals surface area contributed by atoms with Crippen molar-refractivity contribution in [3.63, 3.8) is 0 Å². The van der Waals surface area contributed by atoms with Crippen LogP contribution >= 0.6 is 8.95 Å². The maximum atomic E-state index is 9.07. The van der Waals surface area contributed by atoms with Gasteiger partial charge in [0, 0.05) is 0 Å². The molecular formula is C13H27NSSn. The van der Waals surface area contributed by atoms with Crippen LogP contribution in [0.4, 0.5) is 0 Å². The summed E-state index contributed by atoms with van der Waals surface area (Å²) in [7, 11) is 1.76. The molecule has 0 radical (unpaired) electrons. The van der Waals surface area contributed by atoms with Crippen molar-refractivity contribution in [1.82, 2.24) is 0 Å². The molecule has 0 saturated carbocycles. The fourth-order valence-electron chi connectivity index (χ4n) is 2.12. The molecule has 0 unspecified atom stereocenters. The molecule has 1 nitrogen and oxygen atoms in total. The Morgan fingerprint density at radius 2 is 1.25 bits per heavy atom. The van der Waals surface area contributed by atoms with Gasteiger partial charge in [0.1, 0.15) is 0 Å². The van der Waals surface area contributed by atoms with Gasteiger partial charge in [-0.05, 0) is 0 Å². The summed E-state index contributed by atoms with van der Waals surface area (Å²) in [6.07, 6.45) is 7.96. The van der Waals surface area contributed by atoms with E-state index < -0.39 is 17.0 Å². The molecule has 0 aromatic carbocycles. The first-order valence-corrected chi connectivity index (χ1v) is 17.2. The SMILES string of the molecule is CCC[CH2][Sn]([CH2]CCC)([CH2]CCC)[S]C#N. The second kappa shape index (κ2) is 10.8. The van der Waals surface area contributed by atoms with Gasteiger partial charge in [-0.3, -0.25) is 0 Å². The van der Waals surface area contributed by atoms with E-state index in [0.29, 0.717) is 0 Å². The van der Waals surface area contributed by atoms with Crippen molar-refractivity contribution in [3.8, 4) is 5.40 Å². The van der Waals surface area contributed by atoms with Crippen LogP contribution in [0.1, 0.15) is 59.3 Å². The molecule has 0 aromatic rings. The van der Waals surface area contributed by atoms with Crippen LogP contribution in [-0.2, 0) is 0 Å². The monoisotopic (exact) mass is 349 g/mol. The third-order valence-corrected chi connectivity index (χ3v) is 23.2. The van der Waals surface area contributed by atoms with Crippen molar-refractivity contribution in [1.29, 1.82) is 5.26 Å². The van der Waals surface area contributed by atoms with Crippen molar-refractivity contribution in [2.45, 2.75) is 72.6 Å². The van der Waals surface area contributed by atoms with Crippen LogP contribution in [0.5, 0.6) is 0 Å². The first kappa shape index (κ1) is 16.6. The van der Waals surface area contributed by atoms with Gasteiger partial charge in [-0.2, -0.15) is 0 Å². The standard InChI is InChI=1S/3C4H9.CHNS.Sn/c3*1-3-4-2;2-1-3;/h3*1,3-4H2,2H3;3H;/q;;;;+1/p-1. The molecule has 0 aliphatic rings. The predicted molar refractivity (Wildman–Crippen MR) is 78.1 cm³/mol. The fourth-order valence-corrected chi connectivity index (χ4v) is 20.5. The molecule has 0 spiro atoms. The molecule has 0 fully saturated rings. The van der Waals surface area contributed by atoms with E-state index >= 15 is 0 Å². The molecule has 0 amide bonds. The van der Waals surface area contributed by atoms with Crippen LogP contribution < -0.4 is 0 Å². The van der Waals surface area contributed by atoms with Crippen LogP contribution in [-0.4, -0.2) is 17.0 Å². The Morgan fingerprint density at radius 3 is 1.50 bits per heavy atom. The van der Waals surface area contributed by atoms with Crippen LogP contribution in [0.15, 0.2) is 0 Å². The molecule has 0 heterocycles. The number of rotatable bonds is 10. The number of thiocyanates is 1. The number of hydrogen-bond donors (Lipinski definition) is 0. The van der Waals surface area contributed by atoms with Crippen LogP contribution in [0, 0.1) is 10.7 Å². The quantitative estimate of drug-likeness (QED) is 0.382. The van der Waals surface area contributed by atoms with Crippen molar-refractivity contribution >= 4 is 25.9 Å². The Labute approximate surface area is 109 Å². The molecule has 0 saturated heterocycles. The van der Waals surface area contributed by atoms with Crippen LogP contribution in [0.3, 0.4) is 0 Å². The average molecular weight is 348 g/mol. The molecule has 16 heavy (non-hydrogen) atoms. The van der Waals surface area contributed by atoms with E-state index in [2.05, 4.69) is 26.2 Å². The van der Waals surface area contributed by atoms with Gasteiger partial charge in [-0.25, -0.2) is 0 Å². The van der Waals surface area contributed by atoms with E-state index in [0.717, 1.165) is 0 Å². The van der Waals surface area contributed by atoms with E-state index in [4.69, 9.17) is 5.26 Å². The molecule has 0 N–H and O–H groups in total. The van der Waals surface area contributed by atoms with E-state index in [1.165, 1.54) is 51.8 Å². The minimum absolute atomic E-state index is 1.29. The summed E-state index contributed by atoms with van der Waals surface area (Å²) in [5.74, 6) is 0. The van der Waals surface area contributed by atoms with E-state index in [1.54, 1.807) is 8.95 Å². The number of hydrogen-bond acceptors (Lipinski definition) is 2. The summed E-state index contributed by atoms with van der Waals surface area (Å²) in [5.41, 5.74) is 0. The molecule has 0 aromatic heterocycles. The molecule has 0 aliphatic heterocycles. The van der Waals surface area contributed by atoms with Crippen LogP contribution in [0.2, 0.25) is 13.3 Å². The summed E-state index contributed by atoms with van der Waals surface area (Å²) in [6.45, 7) is 6.81. The Hall–Kier alpha value is 0.639. The number of unbranched alkanes of at least 4 members (excludes halogenated alkanes) is 3. The van der Waals surface area contributed by atoms with Crippen molar-refractivity contribution in [2.75, 3.05) is 0 Å². The maximum absolute atomic E-state index is 9.07. The molecule has 3 heteroatoms.